The molecule has 0 aliphatic carbocycles. The first-order valence-corrected chi connectivity index (χ1v) is 6.51. The highest BCUT2D eigenvalue weighted by Gasteiger charge is 1.94. The van der Waals surface area contributed by atoms with Crippen molar-refractivity contribution in [3.63, 3.8) is 0 Å². The largest absolute Gasteiger partial charge is 0.379 e. The molecular formula is C14H24N2O. The summed E-state index contributed by atoms with van der Waals surface area (Å²) in [6.45, 7) is 7.09. The lowest BCUT2D eigenvalue weighted by Crippen LogP contribution is -2.19. The maximum atomic E-state index is 5.48. The van der Waals surface area contributed by atoms with E-state index in [2.05, 4.69) is 30.2 Å². The third kappa shape index (κ3) is 7.88. The fraction of sp³-hybridized carbons (Fsp3) is 0.643. The number of nitrogens with zero attached hydrogens (tertiary/aromatic N) is 1. The molecule has 0 radical (unpaired) electrons. The van der Waals surface area contributed by atoms with Gasteiger partial charge >= 0.3 is 0 Å². The summed E-state index contributed by atoms with van der Waals surface area (Å²) >= 11 is 0. The number of pyridine rings is 1. The number of unbranched alkanes of at least 4 members (excludes halogenated alkanes) is 1. The number of hydrogen-bond donors (Lipinski definition) is 1. The second-order valence-electron chi connectivity index (χ2n) is 4.45. The Labute approximate surface area is 105 Å². The molecule has 0 aliphatic heterocycles. The monoisotopic (exact) mass is 236 g/mol. The molecule has 0 saturated heterocycles. The van der Waals surface area contributed by atoms with Gasteiger partial charge in [-0.25, -0.2) is 0 Å². The van der Waals surface area contributed by atoms with Crippen LogP contribution < -0.4 is 5.32 Å². The Morgan fingerprint density at radius 2 is 2.12 bits per heavy atom. The standard InChI is InChI=1S/C14H24N2O/c1-13(2)17-12-6-5-9-15-11-8-14-7-3-4-10-16-14/h3-4,7,10,13,15H,5-6,8-9,11-12H2,1-2H3. The molecule has 0 spiro atoms. The van der Waals surface area contributed by atoms with Crippen LogP contribution in [0.4, 0.5) is 0 Å². The molecule has 0 aromatic carbocycles. The van der Waals surface area contributed by atoms with E-state index < -0.39 is 0 Å². The van der Waals surface area contributed by atoms with Gasteiger partial charge in [0, 0.05) is 31.5 Å². The van der Waals surface area contributed by atoms with E-state index in [9.17, 15) is 0 Å². The van der Waals surface area contributed by atoms with Crippen LogP contribution in [0.2, 0.25) is 0 Å². The van der Waals surface area contributed by atoms with Crippen LogP contribution >= 0.6 is 0 Å². The zero-order valence-corrected chi connectivity index (χ0v) is 11.0. The predicted octanol–water partition coefficient (Wildman–Crippen LogP) is 2.42. The van der Waals surface area contributed by atoms with E-state index in [0.29, 0.717) is 6.10 Å². The minimum atomic E-state index is 0.354. The first-order valence-electron chi connectivity index (χ1n) is 6.51. The Hall–Kier alpha value is -0.930. The SMILES string of the molecule is CC(C)OCCCCNCCc1ccccn1. The molecule has 1 heterocycles. The van der Waals surface area contributed by atoms with Crippen molar-refractivity contribution in [3.05, 3.63) is 30.1 Å². The Morgan fingerprint density at radius 1 is 1.24 bits per heavy atom. The van der Waals surface area contributed by atoms with Gasteiger partial charge in [0.15, 0.2) is 0 Å². The van der Waals surface area contributed by atoms with Gasteiger partial charge in [-0.05, 0) is 45.4 Å². The van der Waals surface area contributed by atoms with Crippen LogP contribution in [-0.4, -0.2) is 30.8 Å². The molecule has 0 unspecified atom stereocenters. The molecule has 96 valence electrons. The lowest BCUT2D eigenvalue weighted by atomic mass is 10.2. The van der Waals surface area contributed by atoms with E-state index in [1.54, 1.807) is 0 Å². The Morgan fingerprint density at radius 3 is 2.82 bits per heavy atom. The summed E-state index contributed by atoms with van der Waals surface area (Å²) in [4.78, 5) is 4.29. The molecule has 0 saturated carbocycles. The zero-order chi connectivity index (χ0) is 12.3. The van der Waals surface area contributed by atoms with Crippen LogP contribution in [0.25, 0.3) is 0 Å². The average molecular weight is 236 g/mol. The van der Waals surface area contributed by atoms with E-state index in [1.807, 2.05) is 18.3 Å². The van der Waals surface area contributed by atoms with Crippen LogP contribution in [0.15, 0.2) is 24.4 Å². The van der Waals surface area contributed by atoms with Gasteiger partial charge < -0.3 is 10.1 Å². The lowest BCUT2D eigenvalue weighted by molar-refractivity contribution is 0.0760. The minimum Gasteiger partial charge on any atom is -0.379 e. The average Bonchev–Trinajstić information content (AvgIpc) is 2.33. The number of nitrogens with one attached hydrogen (secondary N) is 1. The van der Waals surface area contributed by atoms with E-state index in [-0.39, 0.29) is 0 Å². The Balaban J connectivity index is 1.88. The molecule has 0 bridgehead atoms. The molecule has 17 heavy (non-hydrogen) atoms. The fourth-order valence-corrected chi connectivity index (χ4v) is 1.56. The van der Waals surface area contributed by atoms with Gasteiger partial charge in [0.2, 0.25) is 0 Å². The van der Waals surface area contributed by atoms with Gasteiger partial charge in [-0.3, -0.25) is 4.98 Å². The van der Waals surface area contributed by atoms with Gasteiger partial charge in [0.05, 0.1) is 6.10 Å². The van der Waals surface area contributed by atoms with Crippen molar-refractivity contribution in [2.75, 3.05) is 19.7 Å². The molecular weight excluding hydrogens is 212 g/mol. The molecule has 1 aromatic heterocycles. The van der Waals surface area contributed by atoms with E-state index in [1.165, 1.54) is 6.42 Å². The number of ether oxygens (including phenoxy) is 1. The third-order valence-corrected chi connectivity index (χ3v) is 2.48. The van der Waals surface area contributed by atoms with Crippen LogP contribution in [-0.2, 0) is 11.2 Å². The van der Waals surface area contributed by atoms with Crippen molar-refractivity contribution >= 4 is 0 Å². The molecule has 1 rings (SSSR count). The van der Waals surface area contributed by atoms with E-state index in [0.717, 1.165) is 38.2 Å². The normalized spacial score (nSPS) is 11.0. The van der Waals surface area contributed by atoms with Gasteiger partial charge in [0.25, 0.3) is 0 Å². The smallest absolute Gasteiger partial charge is 0.0518 e. The summed E-state index contributed by atoms with van der Waals surface area (Å²) in [6, 6.07) is 6.05. The van der Waals surface area contributed by atoms with Crippen LogP contribution in [0.1, 0.15) is 32.4 Å². The van der Waals surface area contributed by atoms with Crippen molar-refractivity contribution in [2.24, 2.45) is 0 Å². The number of hydrogen-bond acceptors (Lipinski definition) is 3. The first kappa shape index (κ1) is 14.1. The van der Waals surface area contributed by atoms with Crippen LogP contribution in [0, 0.1) is 0 Å². The summed E-state index contributed by atoms with van der Waals surface area (Å²) in [7, 11) is 0. The third-order valence-electron chi connectivity index (χ3n) is 2.48. The van der Waals surface area contributed by atoms with Crippen molar-refractivity contribution in [1.29, 1.82) is 0 Å². The highest BCUT2D eigenvalue weighted by atomic mass is 16.5. The maximum Gasteiger partial charge on any atom is 0.0518 e. The van der Waals surface area contributed by atoms with Gasteiger partial charge in [-0.1, -0.05) is 6.07 Å². The molecule has 0 fully saturated rings. The van der Waals surface area contributed by atoms with Crippen molar-refractivity contribution in [1.82, 2.24) is 10.3 Å². The fourth-order valence-electron chi connectivity index (χ4n) is 1.56. The quantitative estimate of drug-likeness (QED) is 0.669. The summed E-state index contributed by atoms with van der Waals surface area (Å²) in [5, 5.41) is 3.43. The Kier molecular flexibility index (Phi) is 7.60. The van der Waals surface area contributed by atoms with E-state index in [4.69, 9.17) is 4.74 Å². The first-order chi connectivity index (χ1) is 8.29. The molecule has 1 N–H and O–H groups in total. The van der Waals surface area contributed by atoms with Crippen molar-refractivity contribution < 1.29 is 4.74 Å². The zero-order valence-electron chi connectivity index (χ0n) is 11.0. The van der Waals surface area contributed by atoms with Crippen molar-refractivity contribution in [3.8, 4) is 0 Å². The summed E-state index contributed by atoms with van der Waals surface area (Å²) in [5.74, 6) is 0. The van der Waals surface area contributed by atoms with Crippen LogP contribution in [0.3, 0.4) is 0 Å². The summed E-state index contributed by atoms with van der Waals surface area (Å²) in [6.07, 6.45) is 5.51. The number of rotatable bonds is 9. The number of aromatic nitrogens is 1. The summed E-state index contributed by atoms with van der Waals surface area (Å²) < 4.78 is 5.48. The van der Waals surface area contributed by atoms with Gasteiger partial charge in [-0.15, -0.1) is 0 Å². The molecule has 0 aliphatic rings. The predicted molar refractivity (Wildman–Crippen MR) is 71.1 cm³/mol. The summed E-state index contributed by atoms with van der Waals surface area (Å²) in [5.41, 5.74) is 1.16. The van der Waals surface area contributed by atoms with E-state index >= 15 is 0 Å². The Bertz CT molecular complexity index is 275. The van der Waals surface area contributed by atoms with Gasteiger partial charge in [-0.2, -0.15) is 0 Å². The second-order valence-corrected chi connectivity index (χ2v) is 4.45. The highest BCUT2D eigenvalue weighted by Crippen LogP contribution is 1.95. The molecule has 3 heteroatoms. The second kappa shape index (κ2) is 9.14. The highest BCUT2D eigenvalue weighted by molar-refractivity contribution is 5.03. The lowest BCUT2D eigenvalue weighted by Gasteiger charge is -2.07. The minimum absolute atomic E-state index is 0.354. The van der Waals surface area contributed by atoms with Gasteiger partial charge in [0.1, 0.15) is 0 Å². The molecule has 0 atom stereocenters. The molecule has 3 nitrogen and oxygen atoms in total. The topological polar surface area (TPSA) is 34.1 Å². The van der Waals surface area contributed by atoms with Crippen molar-refractivity contribution in [2.45, 2.75) is 39.2 Å². The molecule has 1 aromatic rings. The van der Waals surface area contributed by atoms with Crippen LogP contribution in [0.5, 0.6) is 0 Å². The maximum absolute atomic E-state index is 5.48. The molecule has 0 amide bonds.